The highest BCUT2D eigenvalue weighted by molar-refractivity contribution is 5.67. The maximum atomic E-state index is 14.4. The monoisotopic (exact) mass is 349 g/mol. The van der Waals surface area contributed by atoms with Crippen LogP contribution in [0, 0.1) is 5.82 Å². The quantitative estimate of drug-likeness (QED) is 0.499. The van der Waals surface area contributed by atoms with Crippen LogP contribution in [-0.4, -0.2) is 11.6 Å². The van der Waals surface area contributed by atoms with E-state index in [4.69, 9.17) is 4.74 Å². The fourth-order valence-corrected chi connectivity index (χ4v) is 2.90. The van der Waals surface area contributed by atoms with Gasteiger partial charge in [-0.1, -0.05) is 44.5 Å². The predicted molar refractivity (Wildman–Crippen MR) is 105 cm³/mol. The molecule has 0 aliphatic rings. The van der Waals surface area contributed by atoms with Gasteiger partial charge in [0, 0.05) is 17.3 Å². The Balaban J connectivity index is 1.78. The van der Waals surface area contributed by atoms with Gasteiger partial charge in [-0.3, -0.25) is 4.98 Å². The lowest BCUT2D eigenvalue weighted by molar-refractivity contribution is 0.317. The van der Waals surface area contributed by atoms with E-state index in [0.29, 0.717) is 11.3 Å². The number of hydrogen-bond donors (Lipinski definition) is 0. The second-order valence-electron chi connectivity index (χ2n) is 6.37. The molecule has 0 saturated heterocycles. The van der Waals surface area contributed by atoms with Gasteiger partial charge in [0.1, 0.15) is 11.6 Å². The van der Waals surface area contributed by atoms with E-state index in [9.17, 15) is 4.39 Å². The molecular weight excluding hydrogens is 325 g/mol. The van der Waals surface area contributed by atoms with Crippen molar-refractivity contribution in [3.8, 4) is 28.1 Å². The van der Waals surface area contributed by atoms with E-state index in [1.54, 1.807) is 12.3 Å². The number of hydrogen-bond acceptors (Lipinski definition) is 2. The summed E-state index contributed by atoms with van der Waals surface area (Å²) in [4.78, 5) is 4.46. The van der Waals surface area contributed by atoms with Crippen LogP contribution in [-0.2, 0) is 6.42 Å². The molecule has 0 unspecified atom stereocenters. The van der Waals surface area contributed by atoms with Crippen LogP contribution in [0.4, 0.5) is 4.39 Å². The van der Waals surface area contributed by atoms with Crippen molar-refractivity contribution < 1.29 is 9.13 Å². The fraction of sp³-hybridized carbons (Fsp3) is 0.261. The zero-order valence-electron chi connectivity index (χ0n) is 15.3. The third-order valence-corrected chi connectivity index (χ3v) is 4.27. The predicted octanol–water partition coefficient (Wildman–Crippen LogP) is 6.30. The summed E-state index contributed by atoms with van der Waals surface area (Å²) in [5.74, 6) is 0.656. The molecule has 0 aliphatic carbocycles. The number of nitrogens with zero attached hydrogens (tertiary/aromatic N) is 1. The van der Waals surface area contributed by atoms with E-state index < -0.39 is 0 Å². The minimum atomic E-state index is -0.214. The van der Waals surface area contributed by atoms with Crippen LogP contribution in [0.15, 0.2) is 60.8 Å². The Morgan fingerprint density at radius 3 is 2.27 bits per heavy atom. The maximum Gasteiger partial charge on any atom is 0.132 e. The fourth-order valence-electron chi connectivity index (χ4n) is 2.90. The van der Waals surface area contributed by atoms with Crippen LogP contribution in [0.1, 0.15) is 32.3 Å². The van der Waals surface area contributed by atoms with Crippen molar-refractivity contribution >= 4 is 0 Å². The second-order valence-corrected chi connectivity index (χ2v) is 6.37. The van der Waals surface area contributed by atoms with Gasteiger partial charge >= 0.3 is 0 Å². The molecule has 0 bridgehead atoms. The van der Waals surface area contributed by atoms with Gasteiger partial charge in [-0.25, -0.2) is 4.39 Å². The van der Waals surface area contributed by atoms with Crippen molar-refractivity contribution in [1.29, 1.82) is 0 Å². The molecule has 1 aromatic heterocycles. The van der Waals surface area contributed by atoms with Gasteiger partial charge in [-0.05, 0) is 54.3 Å². The molecule has 3 heteroatoms. The van der Waals surface area contributed by atoms with Gasteiger partial charge in [0.25, 0.3) is 0 Å². The number of aryl methyl sites for hydroxylation is 1. The Hall–Kier alpha value is -2.68. The Morgan fingerprint density at radius 2 is 1.65 bits per heavy atom. The summed E-state index contributed by atoms with van der Waals surface area (Å²) < 4.78 is 20.0. The highest BCUT2D eigenvalue weighted by atomic mass is 19.1. The van der Waals surface area contributed by atoms with Gasteiger partial charge in [0.05, 0.1) is 12.3 Å². The molecule has 3 rings (SSSR count). The maximum absolute atomic E-state index is 14.4. The van der Waals surface area contributed by atoms with Crippen LogP contribution in [0.3, 0.4) is 0 Å². The first-order valence-corrected chi connectivity index (χ1v) is 9.19. The van der Waals surface area contributed by atoms with Crippen LogP contribution in [0.5, 0.6) is 5.75 Å². The molecule has 0 radical (unpaired) electrons. The first-order valence-electron chi connectivity index (χ1n) is 9.19. The normalized spacial score (nSPS) is 10.7. The third-order valence-electron chi connectivity index (χ3n) is 4.27. The molecule has 0 saturated carbocycles. The molecule has 3 aromatic rings. The van der Waals surface area contributed by atoms with Crippen LogP contribution in [0.25, 0.3) is 22.4 Å². The smallest absolute Gasteiger partial charge is 0.132 e. The largest absolute Gasteiger partial charge is 0.494 e. The van der Waals surface area contributed by atoms with E-state index in [1.165, 1.54) is 0 Å². The van der Waals surface area contributed by atoms with Crippen molar-refractivity contribution in [1.82, 2.24) is 4.98 Å². The van der Waals surface area contributed by atoms with Crippen LogP contribution in [0.2, 0.25) is 0 Å². The van der Waals surface area contributed by atoms with Crippen molar-refractivity contribution in [2.45, 2.75) is 33.1 Å². The zero-order chi connectivity index (χ0) is 18.4. The van der Waals surface area contributed by atoms with Gasteiger partial charge < -0.3 is 4.74 Å². The van der Waals surface area contributed by atoms with Crippen molar-refractivity contribution in [2.24, 2.45) is 0 Å². The minimum Gasteiger partial charge on any atom is -0.494 e. The first kappa shape index (κ1) is 18.1. The summed E-state index contributed by atoms with van der Waals surface area (Å²) in [6.07, 6.45) is 4.68. The lowest BCUT2D eigenvalue weighted by atomic mass is 10.0. The molecule has 0 fully saturated rings. The van der Waals surface area contributed by atoms with Gasteiger partial charge in [-0.15, -0.1) is 0 Å². The molecule has 2 aromatic carbocycles. The molecule has 0 aliphatic heterocycles. The number of rotatable bonds is 7. The lowest BCUT2D eigenvalue weighted by Crippen LogP contribution is -1.94. The summed E-state index contributed by atoms with van der Waals surface area (Å²) in [7, 11) is 0. The van der Waals surface area contributed by atoms with E-state index in [0.717, 1.165) is 48.3 Å². The molecule has 0 spiro atoms. The highest BCUT2D eigenvalue weighted by Gasteiger charge is 2.08. The Bertz CT molecular complexity index is 841. The number of ether oxygens (including phenoxy) is 1. The average Bonchev–Trinajstić information content (AvgIpc) is 2.67. The Labute approximate surface area is 154 Å². The van der Waals surface area contributed by atoms with E-state index >= 15 is 0 Å². The summed E-state index contributed by atoms with van der Waals surface area (Å²) in [6, 6.07) is 17.2. The lowest BCUT2D eigenvalue weighted by Gasteiger charge is -2.08. The topological polar surface area (TPSA) is 22.1 Å². The van der Waals surface area contributed by atoms with Crippen LogP contribution >= 0.6 is 0 Å². The van der Waals surface area contributed by atoms with Crippen LogP contribution < -0.4 is 4.74 Å². The highest BCUT2D eigenvalue weighted by Crippen LogP contribution is 2.26. The molecule has 2 nitrogen and oxygen atoms in total. The number of halogens is 1. The molecule has 0 amide bonds. The number of pyridine rings is 1. The molecule has 0 N–H and O–H groups in total. The SMILES string of the molecule is CCCOc1ccc(-c2ccc(-c3ccc(CCC)cc3F)nc2)cc1. The van der Waals surface area contributed by atoms with Gasteiger partial charge in [0.15, 0.2) is 0 Å². The second kappa shape index (κ2) is 8.61. The van der Waals surface area contributed by atoms with Crippen molar-refractivity contribution in [3.05, 3.63) is 72.2 Å². The van der Waals surface area contributed by atoms with Crippen molar-refractivity contribution in [2.75, 3.05) is 6.61 Å². The summed E-state index contributed by atoms with van der Waals surface area (Å²) in [5.41, 5.74) is 4.28. The molecule has 26 heavy (non-hydrogen) atoms. The molecule has 134 valence electrons. The number of benzene rings is 2. The van der Waals surface area contributed by atoms with Crippen molar-refractivity contribution in [3.63, 3.8) is 0 Å². The minimum absolute atomic E-state index is 0.214. The summed E-state index contributed by atoms with van der Waals surface area (Å²) >= 11 is 0. The summed E-state index contributed by atoms with van der Waals surface area (Å²) in [6.45, 7) is 4.90. The Kier molecular flexibility index (Phi) is 6.00. The third kappa shape index (κ3) is 4.29. The standard InChI is InChI=1S/C23H24FNO/c1-3-5-17-6-12-21(22(24)15-17)23-13-9-19(16-25-23)18-7-10-20(11-8-18)26-14-4-2/h6-13,15-16H,3-5,14H2,1-2H3. The molecule has 1 heterocycles. The van der Waals surface area contributed by atoms with E-state index in [1.807, 2.05) is 48.5 Å². The van der Waals surface area contributed by atoms with Gasteiger partial charge in [-0.2, -0.15) is 0 Å². The van der Waals surface area contributed by atoms with E-state index in [2.05, 4.69) is 18.8 Å². The number of aromatic nitrogens is 1. The zero-order valence-corrected chi connectivity index (χ0v) is 15.3. The van der Waals surface area contributed by atoms with Gasteiger partial charge in [0.2, 0.25) is 0 Å². The average molecular weight is 349 g/mol. The first-order chi connectivity index (χ1) is 12.7. The summed E-state index contributed by atoms with van der Waals surface area (Å²) in [5, 5.41) is 0. The van der Waals surface area contributed by atoms with E-state index in [-0.39, 0.29) is 5.82 Å². The Morgan fingerprint density at radius 1 is 0.885 bits per heavy atom. The molecule has 0 atom stereocenters. The molecular formula is C23H24FNO.